The van der Waals surface area contributed by atoms with E-state index in [0.29, 0.717) is 18.0 Å². The summed E-state index contributed by atoms with van der Waals surface area (Å²) < 4.78 is 28.6. The van der Waals surface area contributed by atoms with Crippen LogP contribution in [0.4, 0.5) is 5.69 Å². The van der Waals surface area contributed by atoms with Crippen LogP contribution < -0.4 is 4.31 Å². The molecule has 1 amide bonds. The number of hydrogen-bond acceptors (Lipinski definition) is 4. The number of anilines is 1. The maximum absolute atomic E-state index is 13.6. The summed E-state index contributed by atoms with van der Waals surface area (Å²) in [5.41, 5.74) is 2.41. The van der Waals surface area contributed by atoms with Gasteiger partial charge in [0.05, 0.1) is 35.8 Å². The van der Waals surface area contributed by atoms with Gasteiger partial charge in [-0.15, -0.1) is 0 Å². The monoisotopic (exact) mass is 426 g/mol. The average molecular weight is 427 g/mol. The molecule has 0 spiro atoms. The smallest absolute Gasteiger partial charge is 0.264 e. The third-order valence-corrected chi connectivity index (χ3v) is 8.45. The molecule has 2 fully saturated rings. The number of carbonyl (C=O) groups excluding carboxylic acids is 1. The Labute approximate surface area is 177 Å². The first-order chi connectivity index (χ1) is 14.4. The lowest BCUT2D eigenvalue weighted by Gasteiger charge is -2.59. The molecule has 0 radical (unpaired) electrons. The number of rotatable bonds is 5. The Bertz CT molecular complexity index is 1100. The van der Waals surface area contributed by atoms with Crippen LogP contribution in [-0.4, -0.2) is 49.6 Å². The van der Waals surface area contributed by atoms with E-state index in [1.54, 1.807) is 23.1 Å². The highest BCUT2D eigenvalue weighted by atomic mass is 32.2. The van der Waals surface area contributed by atoms with E-state index in [1.807, 2.05) is 37.3 Å². The van der Waals surface area contributed by atoms with Crippen LogP contribution in [-0.2, 0) is 14.8 Å². The van der Waals surface area contributed by atoms with Crippen molar-refractivity contribution in [3.05, 3.63) is 59.7 Å². The van der Waals surface area contributed by atoms with Crippen LogP contribution in [0.3, 0.4) is 0 Å². The molecule has 1 saturated heterocycles. The molecule has 3 aliphatic rings. The fraction of sp³-hybridized carbons (Fsp3) is 0.435. The van der Waals surface area contributed by atoms with Gasteiger partial charge < -0.3 is 10.0 Å². The van der Waals surface area contributed by atoms with Crippen LogP contribution in [0, 0.1) is 12.8 Å². The summed E-state index contributed by atoms with van der Waals surface area (Å²) in [6.45, 7) is 1.97. The van der Waals surface area contributed by atoms with Crippen molar-refractivity contribution < 1.29 is 18.3 Å². The third kappa shape index (κ3) is 3.03. The topological polar surface area (TPSA) is 77.9 Å². The Balaban J connectivity index is 1.55. The summed E-state index contributed by atoms with van der Waals surface area (Å²) in [5, 5.41) is 10.0. The molecule has 1 N–H and O–H groups in total. The lowest BCUT2D eigenvalue weighted by atomic mass is 9.72. The fourth-order valence-corrected chi connectivity index (χ4v) is 6.62. The number of aliphatic hydroxyl groups excluding tert-OH is 1. The number of aliphatic hydroxyl groups is 1. The molecule has 2 heterocycles. The number of nitrogens with zero attached hydrogens (tertiary/aromatic N) is 2. The molecule has 1 saturated carbocycles. The molecule has 0 unspecified atom stereocenters. The number of hydrogen-bond donors (Lipinski definition) is 1. The lowest BCUT2D eigenvalue weighted by molar-refractivity contribution is -0.150. The first-order valence-electron chi connectivity index (χ1n) is 10.5. The summed E-state index contributed by atoms with van der Waals surface area (Å²) >= 11 is 0. The highest BCUT2D eigenvalue weighted by Gasteiger charge is 2.56. The summed E-state index contributed by atoms with van der Waals surface area (Å²) in [6.07, 6.45) is 2.65. The van der Waals surface area contributed by atoms with Gasteiger partial charge in [0.1, 0.15) is 0 Å². The molecule has 2 aromatic carbocycles. The third-order valence-electron chi connectivity index (χ3n) is 6.67. The summed E-state index contributed by atoms with van der Waals surface area (Å²) in [5.74, 6) is 0.433. The van der Waals surface area contributed by atoms with Gasteiger partial charge >= 0.3 is 0 Å². The molecule has 5 rings (SSSR count). The van der Waals surface area contributed by atoms with E-state index < -0.39 is 10.0 Å². The Morgan fingerprint density at radius 1 is 1.13 bits per heavy atom. The minimum atomic E-state index is -3.77. The zero-order valence-electron chi connectivity index (χ0n) is 16.9. The van der Waals surface area contributed by atoms with E-state index >= 15 is 0 Å². The molecular formula is C23H26N2O4S. The molecule has 6 nitrogen and oxygen atoms in total. The first kappa shape index (κ1) is 19.6. The van der Waals surface area contributed by atoms with E-state index in [2.05, 4.69) is 0 Å². The lowest BCUT2D eigenvalue weighted by Crippen LogP contribution is -2.70. The minimum Gasteiger partial charge on any atom is -0.394 e. The van der Waals surface area contributed by atoms with Gasteiger partial charge in [-0.2, -0.15) is 0 Å². The average Bonchev–Trinajstić information content (AvgIpc) is 3.52. The highest BCUT2D eigenvalue weighted by Crippen LogP contribution is 2.50. The maximum atomic E-state index is 13.6. The maximum Gasteiger partial charge on any atom is 0.264 e. The Hall–Kier alpha value is -2.38. The first-order valence-corrected chi connectivity index (χ1v) is 12.0. The van der Waals surface area contributed by atoms with Gasteiger partial charge in [-0.05, 0) is 55.0 Å². The summed E-state index contributed by atoms with van der Waals surface area (Å²) in [6, 6.07) is 13.9. The standard InChI is InChI=1S/C23H26N2O4S/c1-15-5-4-6-17(11-15)30(28,29)24-13-20-23(18-7-2-3-8-19(18)24)21(14-26)25(20)22(27)12-16-9-10-16/h2-8,11,16,20-21,23,26H,9-10,12-14H2,1H3/t20-,21-,23+/m0/s1. The van der Waals surface area contributed by atoms with Crippen molar-refractivity contribution in [3.63, 3.8) is 0 Å². The number of benzene rings is 2. The molecule has 158 valence electrons. The van der Waals surface area contributed by atoms with Gasteiger partial charge in [0.2, 0.25) is 5.91 Å². The molecule has 7 heteroatoms. The highest BCUT2D eigenvalue weighted by molar-refractivity contribution is 7.92. The van der Waals surface area contributed by atoms with Crippen molar-refractivity contribution in [1.29, 1.82) is 0 Å². The Morgan fingerprint density at radius 3 is 2.60 bits per heavy atom. The molecule has 0 bridgehead atoms. The van der Waals surface area contributed by atoms with E-state index in [1.165, 1.54) is 4.31 Å². The Kier molecular flexibility index (Phi) is 4.63. The molecular weight excluding hydrogens is 400 g/mol. The predicted octanol–water partition coefficient (Wildman–Crippen LogP) is 2.66. The van der Waals surface area contributed by atoms with E-state index in [9.17, 15) is 18.3 Å². The van der Waals surface area contributed by atoms with Gasteiger partial charge in [-0.1, -0.05) is 30.3 Å². The Morgan fingerprint density at radius 2 is 1.90 bits per heavy atom. The molecule has 3 atom stereocenters. The van der Waals surface area contributed by atoms with Crippen molar-refractivity contribution in [2.75, 3.05) is 17.5 Å². The van der Waals surface area contributed by atoms with Crippen LogP contribution in [0.25, 0.3) is 0 Å². The minimum absolute atomic E-state index is 0.0325. The van der Waals surface area contributed by atoms with Crippen molar-refractivity contribution in [3.8, 4) is 0 Å². The number of para-hydroxylation sites is 1. The zero-order chi connectivity index (χ0) is 21.0. The second-order valence-electron chi connectivity index (χ2n) is 8.70. The van der Waals surface area contributed by atoms with Crippen molar-refractivity contribution in [1.82, 2.24) is 4.90 Å². The second-order valence-corrected chi connectivity index (χ2v) is 10.6. The van der Waals surface area contributed by atoms with E-state index in [0.717, 1.165) is 24.0 Å². The van der Waals surface area contributed by atoms with Gasteiger partial charge in [-0.3, -0.25) is 9.10 Å². The summed E-state index contributed by atoms with van der Waals surface area (Å²) in [4.78, 5) is 14.9. The molecule has 0 aromatic heterocycles. The second kappa shape index (κ2) is 7.10. The predicted molar refractivity (Wildman–Crippen MR) is 114 cm³/mol. The van der Waals surface area contributed by atoms with Gasteiger partial charge in [0.25, 0.3) is 10.0 Å². The summed E-state index contributed by atoms with van der Waals surface area (Å²) in [7, 11) is -3.77. The quantitative estimate of drug-likeness (QED) is 0.797. The van der Waals surface area contributed by atoms with E-state index in [4.69, 9.17) is 0 Å². The number of aryl methyl sites for hydroxylation is 1. The van der Waals surface area contributed by atoms with Gasteiger partial charge in [0, 0.05) is 12.3 Å². The van der Waals surface area contributed by atoms with Crippen LogP contribution in [0.2, 0.25) is 0 Å². The van der Waals surface area contributed by atoms with Crippen LogP contribution in [0.15, 0.2) is 53.4 Å². The zero-order valence-corrected chi connectivity index (χ0v) is 17.8. The normalized spacial score (nSPS) is 25.3. The molecule has 2 aliphatic heterocycles. The number of fused-ring (bicyclic) bond motifs is 3. The SMILES string of the molecule is Cc1cccc(S(=O)(=O)N2C[C@H]3[C@@H](c4ccccc42)[C@H](CO)N3C(=O)CC2CC2)c1. The van der Waals surface area contributed by atoms with Crippen LogP contribution in [0.1, 0.15) is 36.3 Å². The largest absolute Gasteiger partial charge is 0.394 e. The number of sulfonamides is 1. The molecule has 30 heavy (non-hydrogen) atoms. The fourth-order valence-electron chi connectivity index (χ4n) is 5.00. The van der Waals surface area contributed by atoms with Crippen molar-refractivity contribution in [2.45, 2.75) is 49.1 Å². The number of carbonyl (C=O) groups is 1. The van der Waals surface area contributed by atoms with E-state index in [-0.39, 0.29) is 42.0 Å². The van der Waals surface area contributed by atoms with Gasteiger partial charge in [0.15, 0.2) is 0 Å². The van der Waals surface area contributed by atoms with Crippen molar-refractivity contribution >= 4 is 21.6 Å². The van der Waals surface area contributed by atoms with Gasteiger partial charge in [-0.25, -0.2) is 8.42 Å². The number of amides is 1. The molecule has 1 aliphatic carbocycles. The van der Waals surface area contributed by atoms with Crippen LogP contribution >= 0.6 is 0 Å². The molecule has 2 aromatic rings. The van der Waals surface area contributed by atoms with Crippen LogP contribution in [0.5, 0.6) is 0 Å². The van der Waals surface area contributed by atoms with Crippen molar-refractivity contribution in [2.24, 2.45) is 5.92 Å². The number of likely N-dealkylation sites (tertiary alicyclic amines) is 1.